The van der Waals surface area contributed by atoms with E-state index in [-0.39, 0.29) is 28.7 Å². The number of likely N-dealkylation sites (tertiary alicyclic amines) is 1. The predicted octanol–water partition coefficient (Wildman–Crippen LogP) is 1.17. The van der Waals surface area contributed by atoms with E-state index >= 15 is 0 Å². The highest BCUT2D eigenvalue weighted by atomic mass is 32.1. The van der Waals surface area contributed by atoms with Gasteiger partial charge in [-0.1, -0.05) is 12.2 Å². The summed E-state index contributed by atoms with van der Waals surface area (Å²) in [4.78, 5) is 14.2. The lowest BCUT2D eigenvalue weighted by Crippen LogP contribution is -2.45. The van der Waals surface area contributed by atoms with Gasteiger partial charge < -0.3 is 11.1 Å². The van der Waals surface area contributed by atoms with Gasteiger partial charge in [0.25, 0.3) is 0 Å². The molecule has 0 radical (unpaired) electrons. The average Bonchev–Trinajstić information content (AvgIpc) is 2.84. The van der Waals surface area contributed by atoms with Gasteiger partial charge >= 0.3 is 0 Å². The van der Waals surface area contributed by atoms with Gasteiger partial charge in [-0.15, -0.1) is 0 Å². The molecule has 2 unspecified atom stereocenters. The minimum absolute atomic E-state index is 0.0422. The first-order valence-corrected chi connectivity index (χ1v) is 7.57. The number of benzene rings is 1. The predicted molar refractivity (Wildman–Crippen MR) is 82.2 cm³/mol. The number of piperidine rings is 1. The molecule has 0 aliphatic carbocycles. The number of thiocarbonyl (C=S) groups is 1. The molecule has 2 heterocycles. The Morgan fingerprint density at radius 3 is 3.10 bits per heavy atom. The maximum Gasteiger partial charge on any atom is 0.224 e. The summed E-state index contributed by atoms with van der Waals surface area (Å²) in [6.07, 6.45) is 1.88. The minimum Gasteiger partial charge on any atom is -0.389 e. The number of fused-ring (bicyclic) bond motifs is 1. The Balaban J connectivity index is 1.81. The van der Waals surface area contributed by atoms with Gasteiger partial charge in [-0.25, -0.2) is 4.39 Å². The van der Waals surface area contributed by atoms with Crippen molar-refractivity contribution in [2.75, 3.05) is 13.1 Å². The van der Waals surface area contributed by atoms with Crippen molar-refractivity contribution in [3.8, 4) is 0 Å². The van der Waals surface area contributed by atoms with Gasteiger partial charge in [0.1, 0.15) is 10.8 Å². The fourth-order valence-electron chi connectivity index (χ4n) is 3.30. The number of nitrogens with one attached hydrogen (secondary N) is 1. The van der Waals surface area contributed by atoms with Crippen LogP contribution in [-0.2, 0) is 11.3 Å². The molecule has 0 bridgehead atoms. The van der Waals surface area contributed by atoms with Crippen LogP contribution in [-0.4, -0.2) is 34.9 Å². The monoisotopic (exact) mass is 307 g/mol. The maximum absolute atomic E-state index is 14.0. The fraction of sp³-hybridized carbons (Fsp3) is 0.467. The lowest BCUT2D eigenvalue weighted by atomic mass is 9.91. The third-order valence-electron chi connectivity index (χ3n) is 4.42. The van der Waals surface area contributed by atoms with Crippen LogP contribution in [0.1, 0.15) is 24.0 Å². The summed E-state index contributed by atoms with van der Waals surface area (Å²) in [5.41, 5.74) is 6.87. The normalized spacial score (nSPS) is 25.5. The van der Waals surface area contributed by atoms with E-state index in [4.69, 9.17) is 18.0 Å². The number of nitrogens with zero attached hydrogens (tertiary/aromatic N) is 1. The number of hydrogen-bond acceptors (Lipinski definition) is 3. The Kier molecular flexibility index (Phi) is 3.91. The molecule has 0 spiro atoms. The highest BCUT2D eigenvalue weighted by Gasteiger charge is 2.40. The minimum atomic E-state index is -0.255. The van der Waals surface area contributed by atoms with Gasteiger partial charge in [0.05, 0.1) is 5.92 Å². The molecule has 2 atom stereocenters. The molecule has 1 aromatic rings. The molecule has 0 saturated carbocycles. The molecule has 2 fully saturated rings. The van der Waals surface area contributed by atoms with Crippen molar-refractivity contribution in [1.82, 2.24) is 10.2 Å². The van der Waals surface area contributed by atoms with Crippen molar-refractivity contribution in [2.24, 2.45) is 11.7 Å². The highest BCUT2D eigenvalue weighted by Crippen LogP contribution is 2.29. The molecule has 3 rings (SSSR count). The van der Waals surface area contributed by atoms with Gasteiger partial charge in [0, 0.05) is 30.3 Å². The van der Waals surface area contributed by atoms with E-state index in [9.17, 15) is 9.18 Å². The summed E-state index contributed by atoms with van der Waals surface area (Å²) in [6.45, 7) is 2.02. The number of rotatable bonds is 3. The van der Waals surface area contributed by atoms with E-state index in [1.54, 1.807) is 12.1 Å². The second-order valence-electron chi connectivity index (χ2n) is 5.70. The molecule has 6 heteroatoms. The van der Waals surface area contributed by atoms with E-state index < -0.39 is 0 Å². The summed E-state index contributed by atoms with van der Waals surface area (Å²) < 4.78 is 14.0. The summed E-state index contributed by atoms with van der Waals surface area (Å²) in [6, 6.07) is 4.88. The number of carbonyl (C=O) groups is 1. The highest BCUT2D eigenvalue weighted by molar-refractivity contribution is 7.80. The van der Waals surface area contributed by atoms with Crippen LogP contribution in [0.5, 0.6) is 0 Å². The van der Waals surface area contributed by atoms with Crippen LogP contribution in [0.2, 0.25) is 0 Å². The van der Waals surface area contributed by atoms with E-state index in [1.165, 1.54) is 6.07 Å². The molecule has 4 nitrogen and oxygen atoms in total. The second-order valence-corrected chi connectivity index (χ2v) is 6.14. The number of nitrogens with two attached hydrogens (primary N) is 1. The number of hydrogen-bond donors (Lipinski definition) is 2. The molecule has 112 valence electrons. The van der Waals surface area contributed by atoms with Gasteiger partial charge in [-0.05, 0) is 37.6 Å². The Morgan fingerprint density at radius 1 is 1.52 bits per heavy atom. The number of amides is 1. The fourth-order valence-corrected chi connectivity index (χ4v) is 3.43. The van der Waals surface area contributed by atoms with Gasteiger partial charge in [-0.2, -0.15) is 0 Å². The van der Waals surface area contributed by atoms with Crippen molar-refractivity contribution in [3.63, 3.8) is 0 Å². The van der Waals surface area contributed by atoms with E-state index in [2.05, 4.69) is 10.2 Å². The lowest BCUT2D eigenvalue weighted by Gasteiger charge is -2.36. The zero-order chi connectivity index (χ0) is 15.0. The van der Waals surface area contributed by atoms with Crippen molar-refractivity contribution in [2.45, 2.75) is 25.4 Å². The molecule has 21 heavy (non-hydrogen) atoms. The first-order valence-electron chi connectivity index (χ1n) is 7.16. The maximum atomic E-state index is 14.0. The van der Waals surface area contributed by atoms with E-state index in [1.807, 2.05) is 0 Å². The molecule has 2 aliphatic heterocycles. The standard InChI is InChI=1S/C15H18FN3OS/c16-12-4-3-9(14(17)21)6-10(12)8-19-5-1-2-11-13(19)7-18-15(11)20/h3-4,6,11,13H,1-2,5,7-8H2,(H2,17,21)(H,18,20). The summed E-state index contributed by atoms with van der Waals surface area (Å²) in [5.74, 6) is -0.0861. The van der Waals surface area contributed by atoms with Gasteiger partial charge in [-0.3, -0.25) is 9.69 Å². The van der Waals surface area contributed by atoms with Crippen molar-refractivity contribution in [3.05, 3.63) is 35.1 Å². The van der Waals surface area contributed by atoms with Crippen LogP contribution < -0.4 is 11.1 Å². The first-order chi connectivity index (χ1) is 10.1. The number of carbonyl (C=O) groups excluding carboxylic acids is 1. The third-order valence-corrected chi connectivity index (χ3v) is 4.66. The van der Waals surface area contributed by atoms with Crippen LogP contribution >= 0.6 is 12.2 Å². The van der Waals surface area contributed by atoms with E-state index in [0.29, 0.717) is 24.2 Å². The molecule has 3 N–H and O–H groups in total. The zero-order valence-corrected chi connectivity index (χ0v) is 12.5. The summed E-state index contributed by atoms with van der Waals surface area (Å²) >= 11 is 4.95. The Labute approximate surface area is 128 Å². The first kappa shape index (κ1) is 14.4. The third kappa shape index (κ3) is 2.78. The lowest BCUT2D eigenvalue weighted by molar-refractivity contribution is -0.124. The Bertz CT molecular complexity index is 592. The largest absolute Gasteiger partial charge is 0.389 e. The Hall–Kier alpha value is -1.53. The molecule has 0 aromatic heterocycles. The molecule has 2 aliphatic rings. The van der Waals surface area contributed by atoms with Crippen molar-refractivity contribution in [1.29, 1.82) is 0 Å². The van der Waals surface area contributed by atoms with Crippen LogP contribution in [0, 0.1) is 11.7 Å². The molecular formula is C15H18FN3OS. The summed E-state index contributed by atoms with van der Waals surface area (Å²) in [7, 11) is 0. The van der Waals surface area contributed by atoms with Crippen LogP contribution in [0.25, 0.3) is 0 Å². The van der Waals surface area contributed by atoms with Crippen LogP contribution in [0.4, 0.5) is 4.39 Å². The van der Waals surface area contributed by atoms with Crippen molar-refractivity contribution < 1.29 is 9.18 Å². The second kappa shape index (κ2) is 5.69. The van der Waals surface area contributed by atoms with Crippen LogP contribution in [0.3, 0.4) is 0 Å². The Morgan fingerprint density at radius 2 is 2.33 bits per heavy atom. The molecular weight excluding hydrogens is 289 g/mol. The summed E-state index contributed by atoms with van der Waals surface area (Å²) in [5, 5.41) is 2.91. The zero-order valence-electron chi connectivity index (χ0n) is 11.6. The quantitative estimate of drug-likeness (QED) is 0.823. The van der Waals surface area contributed by atoms with E-state index in [0.717, 1.165) is 19.4 Å². The number of halogens is 1. The van der Waals surface area contributed by atoms with Crippen LogP contribution in [0.15, 0.2) is 18.2 Å². The topological polar surface area (TPSA) is 58.4 Å². The SMILES string of the molecule is NC(=S)c1ccc(F)c(CN2CCCC3C(=O)NCC32)c1. The average molecular weight is 307 g/mol. The van der Waals surface area contributed by atoms with Gasteiger partial charge in [0.2, 0.25) is 5.91 Å². The molecule has 1 amide bonds. The smallest absolute Gasteiger partial charge is 0.224 e. The van der Waals surface area contributed by atoms with Gasteiger partial charge in [0.15, 0.2) is 0 Å². The van der Waals surface area contributed by atoms with Crippen molar-refractivity contribution >= 4 is 23.1 Å². The molecule has 2 saturated heterocycles. The molecule has 1 aromatic carbocycles.